The van der Waals surface area contributed by atoms with Crippen molar-refractivity contribution in [2.45, 2.75) is 58.5 Å². The lowest BCUT2D eigenvalue weighted by atomic mass is 10.1. The van der Waals surface area contributed by atoms with Crippen LogP contribution in [0.25, 0.3) is 23.5 Å². The fourth-order valence-corrected chi connectivity index (χ4v) is 5.75. The van der Waals surface area contributed by atoms with Crippen LogP contribution in [0.5, 0.6) is 17.2 Å². The molecule has 6 nitrogen and oxygen atoms in total. The molecule has 4 aromatic carbocycles. The number of alkyl halides is 4. The number of aromatic nitrogens is 2. The van der Waals surface area contributed by atoms with Crippen molar-refractivity contribution in [1.82, 2.24) is 14.5 Å². The molecular weight excluding hydrogens is 634 g/mol. The normalized spacial score (nSPS) is 12.8. The second-order valence-electron chi connectivity index (χ2n) is 11.8. The number of imidazole rings is 1. The maximum Gasteiger partial charge on any atom is 0.461 e. The molecule has 6 rings (SSSR count). The predicted molar refractivity (Wildman–Crippen MR) is 181 cm³/mol. The Morgan fingerprint density at radius 2 is 1.55 bits per heavy atom. The Labute approximate surface area is 283 Å². The summed E-state index contributed by atoms with van der Waals surface area (Å²) in [5.74, 6) is 1.83. The summed E-state index contributed by atoms with van der Waals surface area (Å²) >= 11 is 0. The van der Waals surface area contributed by atoms with Gasteiger partial charge in [-0.1, -0.05) is 98.3 Å². The molecule has 1 aliphatic rings. The van der Waals surface area contributed by atoms with Gasteiger partial charge in [-0.25, -0.2) is 4.98 Å². The molecule has 0 saturated heterocycles. The minimum atomic E-state index is -4.61. The molecule has 10 heteroatoms. The van der Waals surface area contributed by atoms with Crippen LogP contribution in [0.2, 0.25) is 0 Å². The number of hydrogen-bond acceptors (Lipinski definition) is 5. The van der Waals surface area contributed by atoms with Crippen molar-refractivity contribution in [3.63, 3.8) is 0 Å². The molecule has 0 radical (unpaired) electrons. The minimum Gasteiger partial charge on any atom is -0.454 e. The third kappa shape index (κ3) is 8.50. The molecule has 0 bridgehead atoms. The van der Waals surface area contributed by atoms with Gasteiger partial charge in [0.25, 0.3) is 0 Å². The van der Waals surface area contributed by atoms with Crippen molar-refractivity contribution >= 4 is 12.2 Å². The van der Waals surface area contributed by atoms with Gasteiger partial charge in [-0.05, 0) is 53.5 Å². The molecule has 1 aliphatic heterocycles. The van der Waals surface area contributed by atoms with Gasteiger partial charge in [0.1, 0.15) is 11.6 Å². The van der Waals surface area contributed by atoms with E-state index in [4.69, 9.17) is 14.5 Å². The second-order valence-corrected chi connectivity index (χ2v) is 11.8. The first-order valence-electron chi connectivity index (χ1n) is 16.2. The minimum absolute atomic E-state index is 0.147. The Kier molecular flexibility index (Phi) is 10.6. The monoisotopic (exact) mass is 671 g/mol. The smallest absolute Gasteiger partial charge is 0.454 e. The zero-order valence-corrected chi connectivity index (χ0v) is 27.1. The van der Waals surface area contributed by atoms with Gasteiger partial charge in [-0.15, -0.1) is 0 Å². The molecule has 254 valence electrons. The van der Waals surface area contributed by atoms with Crippen LogP contribution in [-0.2, 0) is 26.2 Å². The summed E-state index contributed by atoms with van der Waals surface area (Å²) in [4.78, 5) is 7.33. The summed E-state index contributed by atoms with van der Waals surface area (Å²) in [6, 6.07) is 31.7. The van der Waals surface area contributed by atoms with E-state index in [1.165, 1.54) is 18.2 Å². The van der Waals surface area contributed by atoms with E-state index in [0.29, 0.717) is 36.7 Å². The highest BCUT2D eigenvalue weighted by atomic mass is 19.3. The zero-order chi connectivity index (χ0) is 34.2. The lowest BCUT2D eigenvalue weighted by Crippen LogP contribution is -2.33. The van der Waals surface area contributed by atoms with Crippen LogP contribution in [0.15, 0.2) is 103 Å². The van der Waals surface area contributed by atoms with E-state index in [9.17, 15) is 17.6 Å². The number of halogens is 4. The van der Waals surface area contributed by atoms with Crippen molar-refractivity contribution in [3.05, 3.63) is 131 Å². The van der Waals surface area contributed by atoms with E-state index in [0.717, 1.165) is 53.3 Å². The molecule has 0 aliphatic carbocycles. The summed E-state index contributed by atoms with van der Waals surface area (Å²) in [6.45, 7) is 4.22. The van der Waals surface area contributed by atoms with Gasteiger partial charge in [0, 0.05) is 31.7 Å². The van der Waals surface area contributed by atoms with Crippen molar-refractivity contribution in [3.8, 4) is 28.6 Å². The molecule has 0 unspecified atom stereocenters. The van der Waals surface area contributed by atoms with E-state index < -0.39 is 12.5 Å². The second kappa shape index (κ2) is 15.4. The van der Waals surface area contributed by atoms with Crippen molar-refractivity contribution in [2.75, 3.05) is 6.79 Å². The lowest BCUT2D eigenvalue weighted by Gasteiger charge is -2.25. The first-order chi connectivity index (χ1) is 23.8. The first kappa shape index (κ1) is 33.8. The quantitative estimate of drug-likeness (QED) is 0.104. The van der Waals surface area contributed by atoms with Crippen LogP contribution in [0.3, 0.4) is 0 Å². The van der Waals surface area contributed by atoms with Gasteiger partial charge < -0.3 is 18.8 Å². The van der Waals surface area contributed by atoms with Crippen LogP contribution >= 0.6 is 0 Å². The number of ether oxygens (including phenoxy) is 3. The number of nitrogens with zero attached hydrogens (tertiary/aromatic N) is 3. The Balaban J connectivity index is 1.40. The number of fused-ring (bicyclic) bond motifs is 1. The van der Waals surface area contributed by atoms with Crippen LogP contribution in [-0.4, -0.2) is 33.8 Å². The Morgan fingerprint density at radius 1 is 0.837 bits per heavy atom. The molecule has 1 aromatic heterocycles. The van der Waals surface area contributed by atoms with Crippen LogP contribution in [0, 0.1) is 0 Å². The van der Waals surface area contributed by atoms with Crippen LogP contribution < -0.4 is 14.2 Å². The number of rotatable bonds is 15. The summed E-state index contributed by atoms with van der Waals surface area (Å²) in [6.07, 6.45) is -2.58. The van der Waals surface area contributed by atoms with Gasteiger partial charge in [-0.2, -0.15) is 17.6 Å². The molecular formula is C39H37F4N3O3. The lowest BCUT2D eigenvalue weighted by molar-refractivity contribution is -0.253. The van der Waals surface area contributed by atoms with Gasteiger partial charge >= 0.3 is 12.5 Å². The molecule has 0 atom stereocenters. The Hall–Kier alpha value is -5.09. The number of benzene rings is 4. The molecule has 0 amide bonds. The molecule has 2 heterocycles. The summed E-state index contributed by atoms with van der Waals surface area (Å²) < 4.78 is 71.3. The molecule has 0 saturated carbocycles. The van der Waals surface area contributed by atoms with E-state index >= 15 is 0 Å². The topological polar surface area (TPSA) is 48.8 Å². The highest BCUT2D eigenvalue weighted by Gasteiger charge is 2.44. The fourth-order valence-electron chi connectivity index (χ4n) is 5.75. The van der Waals surface area contributed by atoms with Gasteiger partial charge in [0.2, 0.25) is 6.79 Å². The fraction of sp³-hybridized carbons (Fsp3) is 0.256. The number of hydrogen-bond donors (Lipinski definition) is 0. The number of unbranched alkanes of at least 4 members (excludes halogenated alkanes) is 1. The third-order valence-corrected chi connectivity index (χ3v) is 8.13. The molecule has 0 N–H and O–H groups in total. The van der Waals surface area contributed by atoms with E-state index in [1.807, 2.05) is 91.0 Å². The van der Waals surface area contributed by atoms with Gasteiger partial charge in [0.05, 0.1) is 11.4 Å². The largest absolute Gasteiger partial charge is 0.461 e. The van der Waals surface area contributed by atoms with Crippen molar-refractivity contribution in [1.29, 1.82) is 0 Å². The summed E-state index contributed by atoms with van der Waals surface area (Å²) in [7, 11) is 0. The Morgan fingerprint density at radius 3 is 2.29 bits per heavy atom. The van der Waals surface area contributed by atoms with Crippen molar-refractivity contribution < 1.29 is 31.8 Å². The molecule has 0 spiro atoms. The molecule has 5 aromatic rings. The Bertz CT molecular complexity index is 1860. The van der Waals surface area contributed by atoms with Crippen molar-refractivity contribution in [2.24, 2.45) is 0 Å². The van der Waals surface area contributed by atoms with E-state index in [1.54, 1.807) is 6.07 Å². The summed E-state index contributed by atoms with van der Waals surface area (Å²) in [5, 5.41) is 0. The van der Waals surface area contributed by atoms with Crippen LogP contribution in [0.4, 0.5) is 17.6 Å². The summed E-state index contributed by atoms with van der Waals surface area (Å²) in [5.41, 5.74) is 5.39. The van der Waals surface area contributed by atoms with Crippen LogP contribution in [0.1, 0.15) is 47.8 Å². The van der Waals surface area contributed by atoms with E-state index in [-0.39, 0.29) is 12.5 Å². The van der Waals surface area contributed by atoms with Gasteiger partial charge in [0.15, 0.2) is 11.5 Å². The highest BCUT2D eigenvalue weighted by molar-refractivity contribution is 5.71. The van der Waals surface area contributed by atoms with Gasteiger partial charge in [-0.3, -0.25) is 4.90 Å². The highest BCUT2D eigenvalue weighted by Crippen LogP contribution is 2.34. The average Bonchev–Trinajstić information content (AvgIpc) is 3.71. The standard InChI is InChI=1S/C39H37F4N3O3/c1-2-3-21-46-34(33(19-17-28-11-6-4-7-12-28)44-37(46)31-14-8-5-9-15-31)26-45(25-30-18-20-35-36(23-30)48-27-47-35)24-29-13-10-16-32(22-29)49-39(42,43)38(40)41/h4-20,22-23,38H,2-3,21,24-27H2,1H3. The maximum atomic E-state index is 13.8. The third-order valence-electron chi connectivity index (χ3n) is 8.13. The first-order valence-corrected chi connectivity index (χ1v) is 16.2. The SMILES string of the molecule is CCCCn1c(-c2ccccc2)nc(C=Cc2ccccc2)c1CN(Cc1cccc(OC(F)(F)C(F)F)c1)Cc1ccc2c(c1)OCO2. The van der Waals surface area contributed by atoms with E-state index in [2.05, 4.69) is 21.1 Å². The molecule has 49 heavy (non-hydrogen) atoms. The average molecular weight is 672 g/mol. The molecule has 0 fully saturated rings. The zero-order valence-electron chi connectivity index (χ0n) is 27.1. The predicted octanol–water partition coefficient (Wildman–Crippen LogP) is 9.69. The maximum absolute atomic E-state index is 13.8.